The first kappa shape index (κ1) is 18.7. The molecular weight excluding hydrogens is 352 g/mol. The number of hydrogen-bond donors (Lipinski definition) is 0. The molecule has 6 rings (SSSR count). The van der Waals surface area contributed by atoms with Crippen LogP contribution in [0.25, 0.3) is 43.1 Å². The van der Waals surface area contributed by atoms with E-state index in [2.05, 4.69) is 121 Å². The van der Waals surface area contributed by atoms with Crippen molar-refractivity contribution in [3.8, 4) is 0 Å². The van der Waals surface area contributed by atoms with Gasteiger partial charge in [0.05, 0.1) is 0 Å². The molecule has 140 valence electrons. The van der Waals surface area contributed by atoms with Crippen molar-refractivity contribution in [3.63, 3.8) is 0 Å². The molecule has 6 aromatic carbocycles. The van der Waals surface area contributed by atoms with Crippen LogP contribution in [0.5, 0.6) is 0 Å². The highest BCUT2D eigenvalue weighted by molar-refractivity contribution is 5.99. The highest BCUT2D eigenvalue weighted by Gasteiger charge is 1.96. The number of benzene rings is 6. The quantitative estimate of drug-likeness (QED) is 0.253. The molecule has 0 aromatic heterocycles. The van der Waals surface area contributed by atoms with Gasteiger partial charge in [-0.25, -0.2) is 0 Å². The molecule has 0 radical (unpaired) electrons. The average Bonchev–Trinajstić information content (AvgIpc) is 2.76. The summed E-state index contributed by atoms with van der Waals surface area (Å²) in [5, 5.41) is 10.5. The van der Waals surface area contributed by atoms with Crippen molar-refractivity contribution < 1.29 is 5.48 Å². The van der Waals surface area contributed by atoms with Crippen molar-refractivity contribution >= 4 is 43.1 Å². The fraction of sp³-hybridized carbons (Fsp3) is 0. The Balaban J connectivity index is 0.000000137. The highest BCUT2D eigenvalue weighted by Crippen LogP contribution is 2.23. The fourth-order valence-electron chi connectivity index (χ4n) is 3.77. The summed E-state index contributed by atoms with van der Waals surface area (Å²) in [6, 6.07) is 42.8. The number of hydrogen-bond acceptors (Lipinski definition) is 0. The SMILES string of the molecule is O.c1ccc2cc3ccccc3cc2c1.c1ccc2cc3ccccc3cc2c1. The molecule has 0 aliphatic carbocycles. The van der Waals surface area contributed by atoms with E-state index < -0.39 is 0 Å². The van der Waals surface area contributed by atoms with Gasteiger partial charge in [-0.1, -0.05) is 97.1 Å². The fourth-order valence-corrected chi connectivity index (χ4v) is 3.77. The molecule has 0 unspecified atom stereocenters. The van der Waals surface area contributed by atoms with E-state index in [1.807, 2.05) is 0 Å². The van der Waals surface area contributed by atoms with E-state index in [-0.39, 0.29) is 5.48 Å². The molecule has 0 saturated carbocycles. The van der Waals surface area contributed by atoms with Crippen LogP contribution in [0.1, 0.15) is 0 Å². The lowest BCUT2D eigenvalue weighted by atomic mass is 10.0. The van der Waals surface area contributed by atoms with Crippen LogP contribution in [0, 0.1) is 0 Å². The van der Waals surface area contributed by atoms with Crippen LogP contribution < -0.4 is 0 Å². The smallest absolute Gasteiger partial charge is 0.0178 e. The first-order valence-electron chi connectivity index (χ1n) is 9.62. The van der Waals surface area contributed by atoms with E-state index in [0.717, 1.165) is 0 Å². The Kier molecular flexibility index (Phi) is 5.24. The van der Waals surface area contributed by atoms with E-state index in [1.54, 1.807) is 0 Å². The maximum Gasteiger partial charge on any atom is -0.0178 e. The van der Waals surface area contributed by atoms with Crippen LogP contribution in [-0.2, 0) is 0 Å². The molecule has 1 heteroatoms. The van der Waals surface area contributed by atoms with Gasteiger partial charge >= 0.3 is 0 Å². The first-order chi connectivity index (χ1) is 13.9. The molecule has 0 fully saturated rings. The number of fused-ring (bicyclic) bond motifs is 4. The third-order valence-electron chi connectivity index (χ3n) is 5.23. The van der Waals surface area contributed by atoms with Gasteiger partial charge in [-0.2, -0.15) is 0 Å². The van der Waals surface area contributed by atoms with Crippen molar-refractivity contribution in [2.45, 2.75) is 0 Å². The minimum absolute atomic E-state index is 0. The van der Waals surface area contributed by atoms with Crippen LogP contribution >= 0.6 is 0 Å². The molecule has 0 atom stereocenters. The molecule has 0 aliphatic heterocycles. The lowest BCUT2D eigenvalue weighted by molar-refractivity contribution is 0.824. The van der Waals surface area contributed by atoms with Gasteiger partial charge in [0.15, 0.2) is 0 Å². The van der Waals surface area contributed by atoms with Crippen LogP contribution in [0.3, 0.4) is 0 Å². The van der Waals surface area contributed by atoms with Gasteiger partial charge < -0.3 is 5.48 Å². The Morgan fingerprint density at radius 1 is 0.241 bits per heavy atom. The molecule has 0 amide bonds. The zero-order chi connectivity index (χ0) is 18.8. The summed E-state index contributed by atoms with van der Waals surface area (Å²) in [5.74, 6) is 0. The monoisotopic (exact) mass is 374 g/mol. The average molecular weight is 374 g/mol. The van der Waals surface area contributed by atoms with Gasteiger partial charge in [-0.05, 0) is 67.4 Å². The van der Waals surface area contributed by atoms with Crippen molar-refractivity contribution in [1.82, 2.24) is 0 Å². The zero-order valence-electron chi connectivity index (χ0n) is 16.0. The molecule has 0 aliphatic rings. The largest absolute Gasteiger partial charge is 0.412 e. The molecule has 6 aromatic rings. The van der Waals surface area contributed by atoms with Gasteiger partial charge in [0, 0.05) is 0 Å². The molecule has 0 saturated heterocycles. The molecule has 29 heavy (non-hydrogen) atoms. The topological polar surface area (TPSA) is 31.5 Å². The minimum atomic E-state index is 0. The Labute approximate surface area is 170 Å². The van der Waals surface area contributed by atoms with Gasteiger partial charge in [-0.15, -0.1) is 0 Å². The standard InChI is InChI=1S/2C14H10.H2O/c2*1-2-6-12-10-14-8-4-3-7-13(14)9-11(12)5-1;/h2*1-10H;1H2. The second-order valence-corrected chi connectivity index (χ2v) is 7.09. The predicted molar refractivity (Wildman–Crippen MR) is 127 cm³/mol. The van der Waals surface area contributed by atoms with E-state index in [1.165, 1.54) is 43.1 Å². The molecule has 1 nitrogen and oxygen atoms in total. The highest BCUT2D eigenvalue weighted by atomic mass is 16.0. The van der Waals surface area contributed by atoms with Crippen molar-refractivity contribution in [2.24, 2.45) is 0 Å². The predicted octanol–water partition coefficient (Wildman–Crippen LogP) is 7.16. The van der Waals surface area contributed by atoms with Crippen molar-refractivity contribution in [2.75, 3.05) is 0 Å². The Bertz CT molecular complexity index is 1090. The van der Waals surface area contributed by atoms with Gasteiger partial charge in [-0.3, -0.25) is 0 Å². The van der Waals surface area contributed by atoms with Crippen LogP contribution in [0.15, 0.2) is 121 Å². The summed E-state index contributed by atoms with van der Waals surface area (Å²) in [6.45, 7) is 0. The van der Waals surface area contributed by atoms with Gasteiger partial charge in [0.1, 0.15) is 0 Å². The third-order valence-corrected chi connectivity index (χ3v) is 5.23. The second kappa shape index (κ2) is 8.14. The van der Waals surface area contributed by atoms with E-state index in [4.69, 9.17) is 0 Å². The Morgan fingerprint density at radius 2 is 0.379 bits per heavy atom. The molecular formula is C28H22O. The molecule has 0 heterocycles. The molecule has 0 spiro atoms. The summed E-state index contributed by atoms with van der Waals surface area (Å²) >= 11 is 0. The Morgan fingerprint density at radius 3 is 0.517 bits per heavy atom. The van der Waals surface area contributed by atoms with Crippen LogP contribution in [-0.4, -0.2) is 5.48 Å². The van der Waals surface area contributed by atoms with Gasteiger partial charge in [0.25, 0.3) is 0 Å². The van der Waals surface area contributed by atoms with Crippen molar-refractivity contribution in [3.05, 3.63) is 121 Å². The lowest BCUT2D eigenvalue weighted by Gasteiger charge is -2.00. The Hall–Kier alpha value is -3.68. The third kappa shape index (κ3) is 3.82. The maximum atomic E-state index is 2.24. The summed E-state index contributed by atoms with van der Waals surface area (Å²) in [7, 11) is 0. The molecule has 2 N–H and O–H groups in total. The summed E-state index contributed by atoms with van der Waals surface area (Å²) < 4.78 is 0. The first-order valence-corrected chi connectivity index (χ1v) is 9.62. The maximum absolute atomic E-state index is 2.24. The lowest BCUT2D eigenvalue weighted by Crippen LogP contribution is -1.74. The van der Waals surface area contributed by atoms with E-state index in [9.17, 15) is 0 Å². The minimum Gasteiger partial charge on any atom is -0.412 e. The van der Waals surface area contributed by atoms with E-state index >= 15 is 0 Å². The second-order valence-electron chi connectivity index (χ2n) is 7.09. The molecule has 0 bridgehead atoms. The summed E-state index contributed by atoms with van der Waals surface area (Å²) in [4.78, 5) is 0. The normalized spacial score (nSPS) is 10.5. The van der Waals surface area contributed by atoms with E-state index in [0.29, 0.717) is 0 Å². The van der Waals surface area contributed by atoms with Gasteiger partial charge in [0.2, 0.25) is 0 Å². The zero-order valence-corrected chi connectivity index (χ0v) is 16.0. The van der Waals surface area contributed by atoms with Crippen LogP contribution in [0.4, 0.5) is 0 Å². The summed E-state index contributed by atoms with van der Waals surface area (Å²) in [6.07, 6.45) is 0. The number of rotatable bonds is 0. The van der Waals surface area contributed by atoms with Crippen molar-refractivity contribution in [1.29, 1.82) is 0 Å². The van der Waals surface area contributed by atoms with Crippen LogP contribution in [0.2, 0.25) is 0 Å². The summed E-state index contributed by atoms with van der Waals surface area (Å²) in [5.41, 5.74) is 0.